The maximum Gasteiger partial charge on any atom is 0.223 e. The third kappa shape index (κ3) is 4.10. The minimum Gasteiger partial charge on any atom is -0.398 e. The smallest absolute Gasteiger partial charge is 0.223 e. The fourth-order valence-corrected chi connectivity index (χ4v) is 1.74. The number of nitrogen functional groups attached to an aromatic ring is 1. The SMILES string of the molecule is CCN(Cc1ccccc1N)C(=O)CC(C)C. The molecule has 0 bridgehead atoms. The van der Waals surface area contributed by atoms with Gasteiger partial charge < -0.3 is 10.6 Å². The Kier molecular flexibility index (Phi) is 5.01. The number of para-hydroxylation sites is 1. The fraction of sp³-hybridized carbons (Fsp3) is 0.500. The summed E-state index contributed by atoms with van der Waals surface area (Å²) in [4.78, 5) is 13.8. The maximum absolute atomic E-state index is 12.0. The lowest BCUT2D eigenvalue weighted by molar-refractivity contribution is -0.132. The highest BCUT2D eigenvalue weighted by Crippen LogP contribution is 2.15. The van der Waals surface area contributed by atoms with Gasteiger partial charge in [-0.15, -0.1) is 0 Å². The first kappa shape index (κ1) is 13.6. The molecule has 0 saturated heterocycles. The average Bonchev–Trinajstić information content (AvgIpc) is 2.27. The Labute approximate surface area is 104 Å². The number of carbonyl (C=O) groups is 1. The van der Waals surface area contributed by atoms with Crippen molar-refractivity contribution in [2.24, 2.45) is 5.92 Å². The molecule has 94 valence electrons. The van der Waals surface area contributed by atoms with Gasteiger partial charge in [0.1, 0.15) is 0 Å². The summed E-state index contributed by atoms with van der Waals surface area (Å²) in [5.74, 6) is 0.593. The molecule has 17 heavy (non-hydrogen) atoms. The number of nitrogens with zero attached hydrogens (tertiary/aromatic N) is 1. The van der Waals surface area contributed by atoms with Crippen LogP contribution in [0.3, 0.4) is 0 Å². The molecule has 0 aromatic heterocycles. The molecule has 0 atom stereocenters. The number of hydrogen-bond acceptors (Lipinski definition) is 2. The predicted molar refractivity (Wildman–Crippen MR) is 71.4 cm³/mol. The molecule has 3 nitrogen and oxygen atoms in total. The van der Waals surface area contributed by atoms with E-state index in [0.29, 0.717) is 18.9 Å². The van der Waals surface area contributed by atoms with Crippen LogP contribution in [0.25, 0.3) is 0 Å². The first-order valence-corrected chi connectivity index (χ1v) is 6.15. The molecule has 1 aromatic rings. The van der Waals surface area contributed by atoms with Crippen molar-refractivity contribution in [3.05, 3.63) is 29.8 Å². The number of benzene rings is 1. The Morgan fingerprint density at radius 1 is 1.35 bits per heavy atom. The Bertz CT molecular complexity index is 374. The molecule has 0 radical (unpaired) electrons. The number of carbonyl (C=O) groups excluding carboxylic acids is 1. The van der Waals surface area contributed by atoms with Gasteiger partial charge in [-0.05, 0) is 24.5 Å². The lowest BCUT2D eigenvalue weighted by Crippen LogP contribution is -2.31. The Morgan fingerprint density at radius 2 is 2.00 bits per heavy atom. The van der Waals surface area contributed by atoms with Gasteiger partial charge in [0.2, 0.25) is 5.91 Å². The van der Waals surface area contributed by atoms with E-state index in [1.165, 1.54) is 0 Å². The molecule has 1 amide bonds. The van der Waals surface area contributed by atoms with Crippen molar-refractivity contribution in [1.29, 1.82) is 0 Å². The minimum absolute atomic E-state index is 0.200. The van der Waals surface area contributed by atoms with E-state index in [0.717, 1.165) is 17.8 Å². The van der Waals surface area contributed by atoms with E-state index in [4.69, 9.17) is 5.73 Å². The normalized spacial score (nSPS) is 10.6. The number of hydrogen-bond donors (Lipinski definition) is 1. The van der Waals surface area contributed by atoms with Crippen LogP contribution < -0.4 is 5.73 Å². The molecule has 0 aliphatic carbocycles. The van der Waals surface area contributed by atoms with Crippen LogP contribution in [0.1, 0.15) is 32.8 Å². The van der Waals surface area contributed by atoms with Gasteiger partial charge in [0.05, 0.1) is 0 Å². The molecular weight excluding hydrogens is 212 g/mol. The predicted octanol–water partition coefficient (Wildman–Crippen LogP) is 2.66. The van der Waals surface area contributed by atoms with E-state index in [9.17, 15) is 4.79 Å². The topological polar surface area (TPSA) is 46.3 Å². The molecule has 0 aliphatic heterocycles. The molecule has 0 aliphatic rings. The highest BCUT2D eigenvalue weighted by Gasteiger charge is 2.14. The van der Waals surface area contributed by atoms with E-state index in [2.05, 4.69) is 13.8 Å². The summed E-state index contributed by atoms with van der Waals surface area (Å²) in [6, 6.07) is 7.70. The zero-order valence-electron chi connectivity index (χ0n) is 10.9. The van der Waals surface area contributed by atoms with Gasteiger partial charge in [0.15, 0.2) is 0 Å². The lowest BCUT2D eigenvalue weighted by Gasteiger charge is -2.22. The summed E-state index contributed by atoms with van der Waals surface area (Å²) < 4.78 is 0. The molecule has 1 rings (SSSR count). The van der Waals surface area contributed by atoms with E-state index in [1.807, 2.05) is 36.1 Å². The summed E-state index contributed by atoms with van der Waals surface area (Å²) in [7, 11) is 0. The molecule has 0 saturated carbocycles. The van der Waals surface area contributed by atoms with Crippen molar-refractivity contribution in [3.8, 4) is 0 Å². The summed E-state index contributed by atoms with van der Waals surface area (Å²) in [6.07, 6.45) is 0.598. The number of rotatable bonds is 5. The third-order valence-electron chi connectivity index (χ3n) is 2.73. The van der Waals surface area contributed by atoms with Crippen LogP contribution in [0.5, 0.6) is 0 Å². The highest BCUT2D eigenvalue weighted by atomic mass is 16.2. The largest absolute Gasteiger partial charge is 0.398 e. The molecule has 0 unspecified atom stereocenters. The molecule has 2 N–H and O–H groups in total. The number of nitrogens with two attached hydrogens (primary N) is 1. The standard InChI is InChI=1S/C14H22N2O/c1-4-16(14(17)9-11(2)3)10-12-7-5-6-8-13(12)15/h5-8,11H,4,9-10,15H2,1-3H3. The van der Waals surface area contributed by atoms with E-state index < -0.39 is 0 Å². The second kappa shape index (κ2) is 6.28. The second-order valence-electron chi connectivity index (χ2n) is 4.70. The Hall–Kier alpha value is -1.51. The van der Waals surface area contributed by atoms with E-state index in [1.54, 1.807) is 0 Å². The van der Waals surface area contributed by atoms with Gasteiger partial charge in [-0.3, -0.25) is 4.79 Å². The van der Waals surface area contributed by atoms with Gasteiger partial charge in [0, 0.05) is 25.2 Å². The van der Waals surface area contributed by atoms with Crippen LogP contribution in [0.4, 0.5) is 5.69 Å². The van der Waals surface area contributed by atoms with Gasteiger partial charge in [0.25, 0.3) is 0 Å². The van der Waals surface area contributed by atoms with Crippen LogP contribution >= 0.6 is 0 Å². The maximum atomic E-state index is 12.0. The van der Waals surface area contributed by atoms with Crippen LogP contribution in [0.2, 0.25) is 0 Å². The third-order valence-corrected chi connectivity index (χ3v) is 2.73. The summed E-state index contributed by atoms with van der Waals surface area (Å²) >= 11 is 0. The zero-order chi connectivity index (χ0) is 12.8. The van der Waals surface area contributed by atoms with Crippen LogP contribution in [-0.2, 0) is 11.3 Å². The first-order valence-electron chi connectivity index (χ1n) is 6.15. The van der Waals surface area contributed by atoms with Crippen molar-refractivity contribution in [1.82, 2.24) is 4.90 Å². The average molecular weight is 234 g/mol. The molecule has 3 heteroatoms. The van der Waals surface area contributed by atoms with Gasteiger partial charge in [-0.2, -0.15) is 0 Å². The van der Waals surface area contributed by atoms with Crippen LogP contribution in [0, 0.1) is 5.92 Å². The van der Waals surface area contributed by atoms with Gasteiger partial charge in [-0.1, -0.05) is 32.0 Å². The van der Waals surface area contributed by atoms with Gasteiger partial charge in [-0.25, -0.2) is 0 Å². The van der Waals surface area contributed by atoms with Crippen molar-refractivity contribution < 1.29 is 4.79 Å². The van der Waals surface area contributed by atoms with Crippen LogP contribution in [-0.4, -0.2) is 17.4 Å². The molecule has 0 fully saturated rings. The van der Waals surface area contributed by atoms with Gasteiger partial charge >= 0.3 is 0 Å². The van der Waals surface area contributed by atoms with Crippen molar-refractivity contribution in [3.63, 3.8) is 0 Å². The van der Waals surface area contributed by atoms with Crippen molar-refractivity contribution >= 4 is 11.6 Å². The molecular formula is C14H22N2O. The van der Waals surface area contributed by atoms with E-state index in [-0.39, 0.29) is 5.91 Å². The number of amides is 1. The summed E-state index contributed by atoms with van der Waals surface area (Å²) in [5.41, 5.74) is 7.66. The van der Waals surface area contributed by atoms with Crippen molar-refractivity contribution in [2.75, 3.05) is 12.3 Å². The fourth-order valence-electron chi connectivity index (χ4n) is 1.74. The quantitative estimate of drug-likeness (QED) is 0.796. The number of anilines is 1. The highest BCUT2D eigenvalue weighted by molar-refractivity contribution is 5.76. The lowest BCUT2D eigenvalue weighted by atomic mass is 10.1. The molecule has 0 heterocycles. The summed E-state index contributed by atoms with van der Waals surface area (Å²) in [6.45, 7) is 7.44. The minimum atomic E-state index is 0.200. The Balaban J connectivity index is 2.70. The Morgan fingerprint density at radius 3 is 2.53 bits per heavy atom. The van der Waals surface area contributed by atoms with Crippen molar-refractivity contribution in [2.45, 2.75) is 33.7 Å². The van der Waals surface area contributed by atoms with Crippen LogP contribution in [0.15, 0.2) is 24.3 Å². The monoisotopic (exact) mass is 234 g/mol. The molecule has 1 aromatic carbocycles. The molecule has 0 spiro atoms. The zero-order valence-corrected chi connectivity index (χ0v) is 10.9. The van der Waals surface area contributed by atoms with E-state index >= 15 is 0 Å². The summed E-state index contributed by atoms with van der Waals surface area (Å²) in [5, 5.41) is 0. The first-order chi connectivity index (χ1) is 8.04. The second-order valence-corrected chi connectivity index (χ2v) is 4.70.